The van der Waals surface area contributed by atoms with E-state index in [9.17, 15) is 19.5 Å². The number of aromatic hydroxyl groups is 1. The summed E-state index contributed by atoms with van der Waals surface area (Å²) in [6, 6.07) is 20.7. The van der Waals surface area contributed by atoms with Crippen molar-refractivity contribution in [3.05, 3.63) is 88.5 Å². The number of piperazine rings is 1. The van der Waals surface area contributed by atoms with Crippen LogP contribution in [0.25, 0.3) is 0 Å². The molecular formula is C44H53N5O5. The van der Waals surface area contributed by atoms with Crippen LogP contribution < -0.4 is 15.1 Å². The van der Waals surface area contributed by atoms with Crippen molar-refractivity contribution in [2.24, 2.45) is 11.8 Å². The molecule has 10 nitrogen and oxygen atoms in total. The van der Waals surface area contributed by atoms with Crippen LogP contribution in [-0.4, -0.2) is 90.6 Å². The number of hydrogen-bond donors (Lipinski definition) is 2. The fourth-order valence-corrected chi connectivity index (χ4v) is 10.3. The summed E-state index contributed by atoms with van der Waals surface area (Å²) in [6.07, 6.45) is 9.62. The highest BCUT2D eigenvalue weighted by Gasteiger charge is 2.40. The van der Waals surface area contributed by atoms with Crippen LogP contribution in [0.5, 0.6) is 5.75 Å². The Morgan fingerprint density at radius 2 is 1.48 bits per heavy atom. The Morgan fingerprint density at radius 3 is 2.24 bits per heavy atom. The lowest BCUT2D eigenvalue weighted by molar-refractivity contribution is -0.136. The van der Waals surface area contributed by atoms with Gasteiger partial charge in [-0.1, -0.05) is 37.5 Å². The van der Waals surface area contributed by atoms with Crippen molar-refractivity contribution < 1.29 is 24.2 Å². The van der Waals surface area contributed by atoms with Crippen molar-refractivity contribution in [2.75, 3.05) is 55.6 Å². The van der Waals surface area contributed by atoms with Gasteiger partial charge in [-0.25, -0.2) is 0 Å². The van der Waals surface area contributed by atoms with Crippen molar-refractivity contribution >= 4 is 29.1 Å². The Bertz CT molecular complexity index is 1880. The first-order chi connectivity index (χ1) is 26.4. The van der Waals surface area contributed by atoms with E-state index in [-0.39, 0.29) is 36.2 Å². The van der Waals surface area contributed by atoms with Crippen LogP contribution >= 0.6 is 0 Å². The molecule has 3 saturated heterocycles. The van der Waals surface area contributed by atoms with E-state index in [2.05, 4.69) is 56.4 Å². The van der Waals surface area contributed by atoms with Gasteiger partial charge in [0.2, 0.25) is 11.8 Å². The minimum absolute atomic E-state index is 0.120. The molecule has 3 aromatic rings. The summed E-state index contributed by atoms with van der Waals surface area (Å²) < 4.78 is 6.60. The molecule has 10 heteroatoms. The number of phenolic OH excluding ortho intramolecular Hbond substituents is 1. The van der Waals surface area contributed by atoms with Gasteiger partial charge in [-0.05, 0) is 109 Å². The molecule has 5 heterocycles. The third-order valence-electron chi connectivity index (χ3n) is 13.3. The molecule has 6 aliphatic rings. The number of phenols is 1. The molecule has 0 aromatic heterocycles. The zero-order chi connectivity index (χ0) is 36.8. The summed E-state index contributed by atoms with van der Waals surface area (Å²) in [7, 11) is 0. The van der Waals surface area contributed by atoms with Gasteiger partial charge in [-0.3, -0.25) is 24.6 Å². The standard InChI is InChI=1S/C44H53N5O5/c50-36-11-13-37-33(25-36)28-54-42(31-4-2-1-3-5-31)41(37)30-6-8-34(9-7-30)47-18-16-29(17-19-47)26-46-20-22-48(23-21-46)35-10-12-38-32(24-35)27-49(44(38)53)39-14-15-40(51)45-43(39)52/h6-13,24-25,29,31,39,41-42,50H,1-5,14-23,26-28H2,(H,45,51,52)/t39-,41-,42-/m0/s1. The quantitative estimate of drug-likeness (QED) is 0.294. The van der Waals surface area contributed by atoms with E-state index in [1.165, 1.54) is 61.8 Å². The van der Waals surface area contributed by atoms with Crippen LogP contribution in [0.3, 0.4) is 0 Å². The van der Waals surface area contributed by atoms with Crippen molar-refractivity contribution in [1.29, 1.82) is 0 Å². The summed E-state index contributed by atoms with van der Waals surface area (Å²) in [5, 5.41) is 12.6. The number of nitrogens with one attached hydrogen (secondary N) is 1. The predicted octanol–water partition coefficient (Wildman–Crippen LogP) is 5.80. The Kier molecular flexibility index (Phi) is 9.82. The van der Waals surface area contributed by atoms with Crippen molar-refractivity contribution in [3.63, 3.8) is 0 Å². The lowest BCUT2D eigenvalue weighted by Gasteiger charge is -2.41. The number of benzene rings is 3. The molecule has 9 rings (SSSR count). The maximum atomic E-state index is 13.2. The van der Waals surface area contributed by atoms with Crippen molar-refractivity contribution in [2.45, 2.75) is 89.0 Å². The molecule has 54 heavy (non-hydrogen) atoms. The normalized spacial score (nSPS) is 25.8. The third kappa shape index (κ3) is 6.99. The van der Waals surface area contributed by atoms with Crippen molar-refractivity contribution in [3.8, 4) is 5.75 Å². The second-order valence-corrected chi connectivity index (χ2v) is 16.6. The van der Waals surface area contributed by atoms with Gasteiger partial charge < -0.3 is 24.5 Å². The summed E-state index contributed by atoms with van der Waals surface area (Å²) in [5.41, 5.74) is 7.81. The van der Waals surface area contributed by atoms with Gasteiger partial charge >= 0.3 is 0 Å². The van der Waals surface area contributed by atoms with Gasteiger partial charge in [-0.2, -0.15) is 0 Å². The van der Waals surface area contributed by atoms with Crippen molar-refractivity contribution in [1.82, 2.24) is 15.1 Å². The van der Waals surface area contributed by atoms with Gasteiger partial charge in [0.05, 0.1) is 12.7 Å². The zero-order valence-electron chi connectivity index (χ0n) is 31.3. The van der Waals surface area contributed by atoms with Gasteiger partial charge in [0, 0.05) is 81.6 Å². The van der Waals surface area contributed by atoms with Crippen LogP contribution in [0.15, 0.2) is 60.7 Å². The topological polar surface area (TPSA) is 106 Å². The largest absolute Gasteiger partial charge is 0.508 e. The van der Waals surface area contributed by atoms with Gasteiger partial charge in [0.15, 0.2) is 0 Å². The highest BCUT2D eigenvalue weighted by molar-refractivity contribution is 6.05. The summed E-state index contributed by atoms with van der Waals surface area (Å²) in [4.78, 5) is 46.5. The highest BCUT2D eigenvalue weighted by atomic mass is 16.5. The van der Waals surface area contributed by atoms with E-state index in [1.54, 1.807) is 4.90 Å². The Balaban J connectivity index is 0.773. The first-order valence-electron chi connectivity index (χ1n) is 20.4. The Morgan fingerprint density at radius 1 is 0.741 bits per heavy atom. The Hall–Kier alpha value is -4.41. The van der Waals surface area contributed by atoms with Gasteiger partial charge in [0.25, 0.3) is 5.91 Å². The molecule has 0 spiro atoms. The molecular weight excluding hydrogens is 679 g/mol. The molecule has 0 unspecified atom stereocenters. The lowest BCUT2D eigenvalue weighted by atomic mass is 9.73. The van der Waals surface area contributed by atoms with Crippen LogP contribution in [0.4, 0.5) is 11.4 Å². The average molecular weight is 732 g/mol. The average Bonchev–Trinajstić information content (AvgIpc) is 3.53. The number of ether oxygens (including phenoxy) is 1. The van der Waals surface area contributed by atoms with E-state index in [1.807, 2.05) is 24.3 Å². The molecule has 1 saturated carbocycles. The number of imide groups is 1. The highest BCUT2D eigenvalue weighted by Crippen LogP contribution is 2.44. The van der Waals surface area contributed by atoms with Crippen LogP contribution in [0.2, 0.25) is 0 Å². The number of fused-ring (bicyclic) bond motifs is 2. The van der Waals surface area contributed by atoms with Gasteiger partial charge in [-0.15, -0.1) is 0 Å². The second-order valence-electron chi connectivity index (χ2n) is 16.6. The lowest BCUT2D eigenvalue weighted by Crippen LogP contribution is -2.52. The van der Waals surface area contributed by atoms with E-state index in [0.29, 0.717) is 42.7 Å². The maximum Gasteiger partial charge on any atom is 0.255 e. The molecule has 0 radical (unpaired) electrons. The fraction of sp³-hybridized carbons (Fsp3) is 0.523. The number of carbonyl (C=O) groups excluding carboxylic acids is 3. The minimum Gasteiger partial charge on any atom is -0.508 e. The number of piperidine rings is 2. The molecule has 2 N–H and O–H groups in total. The molecule has 4 fully saturated rings. The molecule has 3 atom stereocenters. The first-order valence-corrected chi connectivity index (χ1v) is 20.4. The number of amides is 3. The molecule has 3 aromatic carbocycles. The monoisotopic (exact) mass is 731 g/mol. The van der Waals surface area contributed by atoms with E-state index in [4.69, 9.17) is 4.74 Å². The molecule has 0 bridgehead atoms. The van der Waals surface area contributed by atoms with E-state index < -0.39 is 6.04 Å². The zero-order valence-corrected chi connectivity index (χ0v) is 31.3. The Labute approximate surface area is 318 Å². The first kappa shape index (κ1) is 35.3. The summed E-state index contributed by atoms with van der Waals surface area (Å²) in [5.74, 6) is 1.03. The van der Waals surface area contributed by atoms with E-state index in [0.717, 1.165) is 62.6 Å². The molecule has 284 valence electrons. The number of rotatable bonds is 7. The number of anilines is 2. The number of hydrogen-bond acceptors (Lipinski definition) is 8. The second kappa shape index (κ2) is 15.0. The van der Waals surface area contributed by atoms with Gasteiger partial charge in [0.1, 0.15) is 11.8 Å². The van der Waals surface area contributed by atoms with Crippen LogP contribution in [-0.2, 0) is 27.5 Å². The van der Waals surface area contributed by atoms with Crippen LogP contribution in [0.1, 0.15) is 96.3 Å². The minimum atomic E-state index is -0.584. The smallest absolute Gasteiger partial charge is 0.255 e. The number of nitrogens with zero attached hydrogens (tertiary/aromatic N) is 4. The maximum absolute atomic E-state index is 13.2. The molecule has 3 amide bonds. The molecule has 1 aliphatic carbocycles. The summed E-state index contributed by atoms with van der Waals surface area (Å²) >= 11 is 0. The molecule has 5 aliphatic heterocycles. The fourth-order valence-electron chi connectivity index (χ4n) is 10.3. The predicted molar refractivity (Wildman–Crippen MR) is 208 cm³/mol. The van der Waals surface area contributed by atoms with Crippen LogP contribution in [0, 0.1) is 11.8 Å². The SMILES string of the molecule is O=C1CC[C@H](N2Cc3cc(N4CCN(CC5CCN(c6ccc([C@H]7c8ccc(O)cc8CO[C@H]7C7CCCCC7)cc6)CC5)CC4)ccc3C2=O)C(=O)N1. The summed E-state index contributed by atoms with van der Waals surface area (Å²) in [6.45, 7) is 8.23. The number of carbonyl (C=O) groups is 3. The third-order valence-corrected chi connectivity index (χ3v) is 13.3. The van der Waals surface area contributed by atoms with E-state index >= 15 is 0 Å².